The Morgan fingerprint density at radius 3 is 0.853 bits per heavy atom. The summed E-state index contributed by atoms with van der Waals surface area (Å²) in [5, 5.41) is 0. The minimum atomic E-state index is 0.505. The highest BCUT2D eigenvalue weighted by Gasteiger charge is 1.95. The molecule has 0 heterocycles. The van der Waals surface area contributed by atoms with E-state index in [4.69, 9.17) is 54.2 Å². The number of halogens is 1. The van der Waals surface area contributed by atoms with Crippen molar-refractivity contribution in [3.05, 3.63) is 0 Å². The van der Waals surface area contributed by atoms with Crippen LogP contribution in [0.2, 0.25) is 0 Å². The fourth-order valence-corrected chi connectivity index (χ4v) is 2.66. The van der Waals surface area contributed by atoms with Crippen molar-refractivity contribution in [3.8, 4) is 0 Å². The van der Waals surface area contributed by atoms with Gasteiger partial charge in [-0.1, -0.05) is 26.2 Å². The monoisotopic (exact) mass is 516 g/mol. The molecule has 0 unspecified atom stereocenters. The Morgan fingerprint density at radius 1 is 0.324 bits per heavy atom. The first-order chi connectivity index (χ1) is 16.9. The second-order valence-electron chi connectivity index (χ2n) is 7.26. The van der Waals surface area contributed by atoms with E-state index in [1.165, 1.54) is 19.3 Å². The van der Waals surface area contributed by atoms with E-state index in [2.05, 4.69) is 6.92 Å². The lowest BCUT2D eigenvalue weighted by Crippen LogP contribution is -2.15. The summed E-state index contributed by atoms with van der Waals surface area (Å²) in [4.78, 5) is 0. The number of ether oxygens (including phenoxy) is 9. The number of hydrogen-bond donors (Lipinski definition) is 0. The van der Waals surface area contributed by atoms with Gasteiger partial charge in [-0.2, -0.15) is 0 Å². The Balaban J connectivity index is 2.99. The van der Waals surface area contributed by atoms with Crippen LogP contribution in [0.4, 0.5) is 0 Å². The van der Waals surface area contributed by atoms with Crippen molar-refractivity contribution in [2.45, 2.75) is 32.6 Å². The van der Waals surface area contributed by atoms with E-state index in [1.54, 1.807) is 0 Å². The molecule has 0 saturated carbocycles. The first-order valence-electron chi connectivity index (χ1n) is 12.7. The molecule has 0 aliphatic rings. The van der Waals surface area contributed by atoms with Crippen molar-refractivity contribution in [3.63, 3.8) is 0 Å². The average molecular weight is 517 g/mol. The van der Waals surface area contributed by atoms with Gasteiger partial charge in [0.2, 0.25) is 0 Å². The van der Waals surface area contributed by atoms with Gasteiger partial charge in [-0.3, -0.25) is 0 Å². The van der Waals surface area contributed by atoms with Gasteiger partial charge in [0.05, 0.1) is 112 Å². The van der Waals surface area contributed by atoms with Crippen LogP contribution in [-0.4, -0.2) is 125 Å². The van der Waals surface area contributed by atoms with Crippen molar-refractivity contribution in [1.29, 1.82) is 0 Å². The van der Waals surface area contributed by atoms with Crippen LogP contribution in [0.15, 0.2) is 0 Å². The van der Waals surface area contributed by atoms with Crippen molar-refractivity contribution >= 4 is 11.6 Å². The molecule has 206 valence electrons. The minimum Gasteiger partial charge on any atom is -0.379 e. The van der Waals surface area contributed by atoms with E-state index in [0.29, 0.717) is 118 Å². The van der Waals surface area contributed by atoms with Crippen LogP contribution in [0.25, 0.3) is 0 Å². The third kappa shape index (κ3) is 31.9. The lowest BCUT2D eigenvalue weighted by molar-refractivity contribution is -0.0248. The van der Waals surface area contributed by atoms with Crippen LogP contribution in [-0.2, 0) is 42.6 Å². The number of hydrogen-bond acceptors (Lipinski definition) is 9. The summed E-state index contributed by atoms with van der Waals surface area (Å²) >= 11 is 5.50. The summed E-state index contributed by atoms with van der Waals surface area (Å²) in [5.74, 6) is 0.505. The summed E-state index contributed by atoms with van der Waals surface area (Å²) in [7, 11) is 0. The molecule has 0 aromatic heterocycles. The molecule has 34 heavy (non-hydrogen) atoms. The molecule has 0 bridgehead atoms. The molecule has 0 aliphatic carbocycles. The molecule has 0 saturated heterocycles. The number of rotatable bonds is 31. The molecule has 10 heteroatoms. The van der Waals surface area contributed by atoms with Gasteiger partial charge in [0.15, 0.2) is 0 Å². The second kappa shape index (κ2) is 32.9. The van der Waals surface area contributed by atoms with Crippen LogP contribution in [0.3, 0.4) is 0 Å². The molecule has 0 aliphatic heterocycles. The number of alkyl halides is 1. The summed E-state index contributed by atoms with van der Waals surface area (Å²) in [6, 6.07) is 0. The van der Waals surface area contributed by atoms with Gasteiger partial charge < -0.3 is 42.6 Å². The van der Waals surface area contributed by atoms with E-state index in [1.807, 2.05) is 0 Å². The summed E-state index contributed by atoms with van der Waals surface area (Å²) in [5.41, 5.74) is 0. The van der Waals surface area contributed by atoms with Gasteiger partial charge in [0.1, 0.15) is 0 Å². The van der Waals surface area contributed by atoms with Gasteiger partial charge in [-0.25, -0.2) is 0 Å². The summed E-state index contributed by atoms with van der Waals surface area (Å²) in [6.45, 7) is 12.5. The van der Waals surface area contributed by atoms with Crippen molar-refractivity contribution < 1.29 is 42.6 Å². The van der Waals surface area contributed by atoms with Crippen LogP contribution in [0.1, 0.15) is 32.6 Å². The Labute approximate surface area is 211 Å². The van der Waals surface area contributed by atoms with Crippen LogP contribution < -0.4 is 0 Å². The fourth-order valence-electron chi connectivity index (χ4n) is 2.55. The van der Waals surface area contributed by atoms with Crippen molar-refractivity contribution in [1.82, 2.24) is 0 Å². The van der Waals surface area contributed by atoms with Gasteiger partial charge in [0, 0.05) is 12.5 Å². The third-order valence-corrected chi connectivity index (χ3v) is 4.49. The zero-order valence-electron chi connectivity index (χ0n) is 21.3. The van der Waals surface area contributed by atoms with Crippen LogP contribution in [0, 0.1) is 0 Å². The van der Waals surface area contributed by atoms with Gasteiger partial charge >= 0.3 is 0 Å². The second-order valence-corrected chi connectivity index (χ2v) is 7.64. The predicted octanol–water partition coefficient (Wildman–Crippen LogP) is 2.95. The molecular weight excluding hydrogens is 468 g/mol. The first-order valence-corrected chi connectivity index (χ1v) is 13.2. The normalized spacial score (nSPS) is 11.5. The molecular formula is C24H49ClO9. The van der Waals surface area contributed by atoms with Crippen molar-refractivity contribution in [2.24, 2.45) is 0 Å². The minimum absolute atomic E-state index is 0.505. The summed E-state index contributed by atoms with van der Waals surface area (Å²) < 4.78 is 48.7. The van der Waals surface area contributed by atoms with Crippen molar-refractivity contribution in [2.75, 3.05) is 125 Å². The van der Waals surface area contributed by atoms with E-state index in [-0.39, 0.29) is 0 Å². The molecule has 9 nitrogen and oxygen atoms in total. The Kier molecular flexibility index (Phi) is 32.9. The Hall–Kier alpha value is -0.0700. The lowest BCUT2D eigenvalue weighted by Gasteiger charge is -2.08. The van der Waals surface area contributed by atoms with Gasteiger partial charge in [-0.15, -0.1) is 11.6 Å². The lowest BCUT2D eigenvalue weighted by atomic mass is 10.2. The molecule has 0 amide bonds. The maximum Gasteiger partial charge on any atom is 0.0701 e. The maximum absolute atomic E-state index is 5.51. The Bertz CT molecular complexity index is 322. The largest absolute Gasteiger partial charge is 0.379 e. The third-order valence-electron chi connectivity index (χ3n) is 4.34. The van der Waals surface area contributed by atoms with Crippen LogP contribution >= 0.6 is 11.6 Å². The molecule has 0 fully saturated rings. The molecule has 0 N–H and O–H groups in total. The van der Waals surface area contributed by atoms with Gasteiger partial charge in [-0.05, 0) is 6.42 Å². The quantitative estimate of drug-likeness (QED) is 0.102. The average Bonchev–Trinajstić information content (AvgIpc) is 2.85. The van der Waals surface area contributed by atoms with Crippen LogP contribution in [0.5, 0.6) is 0 Å². The highest BCUT2D eigenvalue weighted by atomic mass is 35.5. The molecule has 0 atom stereocenters. The van der Waals surface area contributed by atoms with Gasteiger partial charge in [0.25, 0.3) is 0 Å². The summed E-state index contributed by atoms with van der Waals surface area (Å²) in [6.07, 6.45) is 4.91. The smallest absolute Gasteiger partial charge is 0.0701 e. The molecule has 0 rings (SSSR count). The highest BCUT2D eigenvalue weighted by molar-refractivity contribution is 6.17. The Morgan fingerprint density at radius 2 is 0.588 bits per heavy atom. The van der Waals surface area contributed by atoms with E-state index < -0.39 is 0 Å². The zero-order valence-corrected chi connectivity index (χ0v) is 22.1. The fraction of sp³-hybridized carbons (Fsp3) is 1.00. The zero-order chi connectivity index (χ0) is 24.6. The standard InChI is InChI=1S/C24H49ClO9/c1-2-3-4-5-7-26-9-11-28-13-15-30-17-19-32-21-23-34-24-22-33-20-18-31-16-14-29-12-10-27-8-6-25/h2-24H2,1H3. The van der Waals surface area contributed by atoms with E-state index in [0.717, 1.165) is 13.0 Å². The SMILES string of the molecule is CCCCCCOCCOCCOCCOCCOCCOCCOCCOCCOCCCl. The maximum atomic E-state index is 5.51. The molecule has 0 aromatic rings. The molecule has 0 radical (unpaired) electrons. The highest BCUT2D eigenvalue weighted by Crippen LogP contribution is 1.98. The number of unbranched alkanes of at least 4 members (excludes halogenated alkanes) is 3. The molecule has 0 spiro atoms. The van der Waals surface area contributed by atoms with E-state index >= 15 is 0 Å². The first kappa shape index (κ1) is 33.9. The topological polar surface area (TPSA) is 83.1 Å². The molecule has 0 aromatic carbocycles. The predicted molar refractivity (Wildman–Crippen MR) is 132 cm³/mol. The van der Waals surface area contributed by atoms with E-state index in [9.17, 15) is 0 Å².